The van der Waals surface area contributed by atoms with Gasteiger partial charge in [-0.25, -0.2) is 24.4 Å². The maximum atomic E-state index is 14.6. The van der Waals surface area contributed by atoms with Gasteiger partial charge in [-0.2, -0.15) is 9.97 Å². The molecule has 2 aromatic rings. The minimum Gasteiger partial charge on any atom is -0.461 e. The molecule has 8 rings (SSSR count). The summed E-state index contributed by atoms with van der Waals surface area (Å²) < 4.78 is 40.0. The molecule has 1 amide bonds. The van der Waals surface area contributed by atoms with Gasteiger partial charge in [-0.3, -0.25) is 24.4 Å². The minimum absolute atomic E-state index is 0.209. The Labute approximate surface area is 539 Å². The number of aromatic amines is 2. The highest BCUT2D eigenvalue weighted by atomic mass is 16.7. The Bertz CT molecular complexity index is 3800. The van der Waals surface area contributed by atoms with E-state index in [0.717, 1.165) is 33.6 Å². The zero-order valence-corrected chi connectivity index (χ0v) is 54.5. The third kappa shape index (κ3) is 15.1. The SMILES string of the molecule is CCCCC(C)(CC)OC1C(C(=O)OCC(O)C(O)C(O)Cn2c3nc(=O)[nH]c(=O)c-3nc3cc(C)c(C)cc32)OC(O[C@H]2C(O)C(CO)O[C@H](C(C)(CC)CC)C2N(C=O)C(C)OCC(O)C(O)C(O)Cn2c3nc(=O)[nH]c(=O)c-3nc3cc(C)c(C)cc32)C(O)C1O. The van der Waals surface area contributed by atoms with Crippen LogP contribution in [0.3, 0.4) is 0 Å². The molecule has 6 aliphatic heterocycles. The number of fused-ring (bicyclic) bond motifs is 4. The van der Waals surface area contributed by atoms with Crippen LogP contribution in [0, 0.1) is 33.1 Å². The molecule has 31 nitrogen and oxygen atoms in total. The number of unbranched alkanes of at least 4 members (excludes halogenated alkanes) is 1. The summed E-state index contributed by atoms with van der Waals surface area (Å²) in [5.41, 5.74) is -1.82. The first kappa shape index (κ1) is 73.2. The first-order valence-corrected chi connectivity index (χ1v) is 31.6. The number of H-pyrrole nitrogens is 2. The average molecular weight is 1320 g/mol. The van der Waals surface area contributed by atoms with E-state index >= 15 is 0 Å². The van der Waals surface area contributed by atoms with Crippen LogP contribution in [0.15, 0.2) is 43.4 Å². The number of aliphatic hydroxyl groups excluding tert-OH is 10. The van der Waals surface area contributed by atoms with Gasteiger partial charge in [0.15, 0.2) is 35.4 Å². The van der Waals surface area contributed by atoms with Crippen LogP contribution in [0.1, 0.15) is 109 Å². The smallest absolute Gasteiger partial charge is 0.349 e. The highest BCUT2D eigenvalue weighted by Crippen LogP contribution is 2.43. The number of rotatable bonds is 29. The first-order chi connectivity index (χ1) is 44.4. The molecule has 0 spiro atoms. The molecule has 0 bridgehead atoms. The molecule has 6 aliphatic rings. The summed E-state index contributed by atoms with van der Waals surface area (Å²) in [6.07, 6.45) is -26.5. The summed E-state index contributed by atoms with van der Waals surface area (Å²) in [5, 5.41) is 116. The fourth-order valence-electron chi connectivity index (χ4n) is 12.2. The number of benzene rings is 2. The molecule has 2 saturated heterocycles. The summed E-state index contributed by atoms with van der Waals surface area (Å²) >= 11 is 0. The molecule has 94 heavy (non-hydrogen) atoms. The van der Waals surface area contributed by atoms with E-state index in [4.69, 9.17) is 28.4 Å². The van der Waals surface area contributed by atoms with Crippen LogP contribution < -0.4 is 22.5 Å². The van der Waals surface area contributed by atoms with Crippen molar-refractivity contribution in [3.8, 4) is 23.0 Å². The molecule has 0 saturated carbocycles. The normalized spacial score (nSPS) is 25.0. The lowest BCUT2D eigenvalue weighted by molar-refractivity contribution is -0.347. The molecule has 16 unspecified atom stereocenters. The Balaban J connectivity index is 1.05. The Morgan fingerprint density at radius 3 is 1.66 bits per heavy atom. The Hall–Kier alpha value is -6.66. The maximum Gasteiger partial charge on any atom is 0.349 e. The summed E-state index contributed by atoms with van der Waals surface area (Å²) in [7, 11) is 0. The van der Waals surface area contributed by atoms with Crippen molar-refractivity contribution in [3.05, 3.63) is 88.2 Å². The van der Waals surface area contributed by atoms with Crippen molar-refractivity contribution in [1.29, 1.82) is 0 Å². The fourth-order valence-corrected chi connectivity index (χ4v) is 12.2. The van der Waals surface area contributed by atoms with E-state index in [1.165, 1.54) is 16.1 Å². The summed E-state index contributed by atoms with van der Waals surface area (Å²) in [5.74, 6) is -1.79. The molecule has 18 atom stereocenters. The number of hydrogen-bond donors (Lipinski definition) is 12. The fraction of sp³-hybridized carbons (Fsp3) is 0.651. The maximum absolute atomic E-state index is 14.6. The van der Waals surface area contributed by atoms with Gasteiger partial charge in [0.05, 0.1) is 66.1 Å². The second-order valence-corrected chi connectivity index (χ2v) is 25.4. The van der Waals surface area contributed by atoms with Gasteiger partial charge in [-0.05, 0) is 119 Å². The van der Waals surface area contributed by atoms with Crippen LogP contribution in [0.5, 0.6) is 0 Å². The van der Waals surface area contributed by atoms with Crippen molar-refractivity contribution < 1.29 is 89.1 Å². The lowest BCUT2D eigenvalue weighted by Gasteiger charge is -2.55. The number of amides is 1. The van der Waals surface area contributed by atoms with Gasteiger partial charge in [-0.15, -0.1) is 0 Å². The van der Waals surface area contributed by atoms with Crippen LogP contribution in [-0.2, 0) is 51.1 Å². The van der Waals surface area contributed by atoms with Crippen molar-refractivity contribution in [1.82, 2.24) is 43.9 Å². The van der Waals surface area contributed by atoms with Crippen molar-refractivity contribution >= 4 is 34.4 Å². The number of aliphatic hydroxyl groups is 10. The monoisotopic (exact) mass is 1320 g/mol. The lowest BCUT2D eigenvalue weighted by Crippen LogP contribution is -2.71. The number of hydrogen-bond acceptors (Lipinski definition) is 26. The second kappa shape index (κ2) is 30.2. The van der Waals surface area contributed by atoms with Gasteiger partial charge in [0.2, 0.25) is 6.41 Å². The van der Waals surface area contributed by atoms with E-state index in [1.807, 2.05) is 41.5 Å². The van der Waals surface area contributed by atoms with E-state index in [9.17, 15) is 79.8 Å². The molecule has 31 heteroatoms. The van der Waals surface area contributed by atoms with Crippen molar-refractivity contribution in [3.63, 3.8) is 0 Å². The highest BCUT2D eigenvalue weighted by molar-refractivity contribution is 5.82. The molecule has 0 aromatic heterocycles. The Morgan fingerprint density at radius 2 is 1.19 bits per heavy atom. The van der Waals surface area contributed by atoms with E-state index in [0.29, 0.717) is 55.1 Å². The Morgan fingerprint density at radius 1 is 0.691 bits per heavy atom. The van der Waals surface area contributed by atoms with E-state index in [-0.39, 0.29) is 28.6 Å². The quantitative estimate of drug-likeness (QED) is 0.0114. The van der Waals surface area contributed by atoms with Crippen LogP contribution in [0.4, 0.5) is 0 Å². The predicted molar refractivity (Wildman–Crippen MR) is 334 cm³/mol. The van der Waals surface area contributed by atoms with Crippen LogP contribution in [-0.4, -0.2) is 237 Å². The predicted octanol–water partition coefficient (Wildman–Crippen LogP) is -1.16. The number of carbonyl (C=O) groups is 2. The Kier molecular flexibility index (Phi) is 23.5. The molecular formula is C63H89N9O22. The average Bonchev–Trinajstić information content (AvgIpc) is 0.767. The zero-order chi connectivity index (χ0) is 69.2. The molecule has 2 fully saturated rings. The largest absolute Gasteiger partial charge is 0.461 e. The number of ether oxygens (including phenoxy) is 6. The third-order valence-electron chi connectivity index (χ3n) is 19.0. The van der Waals surface area contributed by atoms with Gasteiger partial charge in [0.1, 0.15) is 86.1 Å². The van der Waals surface area contributed by atoms with Crippen molar-refractivity contribution in [2.45, 2.75) is 237 Å². The van der Waals surface area contributed by atoms with Gasteiger partial charge in [0.25, 0.3) is 11.1 Å². The number of aromatic nitrogens is 8. The van der Waals surface area contributed by atoms with E-state index in [2.05, 4.69) is 29.9 Å². The van der Waals surface area contributed by atoms with Gasteiger partial charge < -0.3 is 93.5 Å². The summed E-state index contributed by atoms with van der Waals surface area (Å²) in [6.45, 7) is 15.8. The number of nitrogens with one attached hydrogen (secondary N) is 2. The third-order valence-corrected chi connectivity index (χ3v) is 19.0. The summed E-state index contributed by atoms with van der Waals surface area (Å²) in [4.78, 5) is 101. The molecule has 0 radical (unpaired) electrons. The van der Waals surface area contributed by atoms with Crippen LogP contribution in [0.25, 0.3) is 45.1 Å². The number of nitrogens with zero attached hydrogens (tertiary/aromatic N) is 7. The molecule has 12 N–H and O–H groups in total. The standard InChI is InChI=1S/C63H89N9O22/c1-12-16-17-63(11,15-4)94-51-48(82)49(83)59(93-52(51)58(86)90-26-40(78)46(80)38(76)23-71-36-21-31(8)29(6)19-34(36)65-43-55(71)67-61(88)69-57(43)85)92-50-44(53(62(10,13-2)14-3)91-41(24-73)47(50)81)72(27-74)32(9)89-25-39(77)45(79)37(75)22-70-35-20-30(7)28(5)18-33(35)64-42-54(70)66-60(87)68-56(42)84/h18-21,27,32,37-41,44-53,59,73,75-83H,12-17,22-26H2,1-11H3,(H,68,84,87)(H,69,85,88)/t32?,37?,38?,39?,40?,41?,44?,45?,46?,47?,48?,49?,50-,51?,52?,53+,59?,63?/m1/s1. The van der Waals surface area contributed by atoms with Gasteiger partial charge in [0, 0.05) is 0 Å². The van der Waals surface area contributed by atoms with Crippen LogP contribution in [0.2, 0.25) is 0 Å². The van der Waals surface area contributed by atoms with Gasteiger partial charge >= 0.3 is 17.3 Å². The molecule has 2 aromatic carbocycles. The van der Waals surface area contributed by atoms with E-state index < -0.39 is 176 Å². The van der Waals surface area contributed by atoms with Crippen LogP contribution >= 0.6 is 0 Å². The van der Waals surface area contributed by atoms with Gasteiger partial charge in [-0.1, -0.05) is 47.5 Å². The lowest BCUT2D eigenvalue weighted by atomic mass is 9.72. The van der Waals surface area contributed by atoms with E-state index in [1.54, 1.807) is 52.0 Å². The molecular weight excluding hydrogens is 1230 g/mol. The first-order valence-electron chi connectivity index (χ1n) is 31.6. The molecule has 0 aliphatic carbocycles. The highest BCUT2D eigenvalue weighted by Gasteiger charge is 2.58. The number of esters is 1. The number of carbonyl (C=O) groups excluding carboxylic acids is 2. The molecule has 518 valence electrons. The minimum atomic E-state index is -2.12. The topological polar surface area (TPSA) is 456 Å². The zero-order valence-electron chi connectivity index (χ0n) is 54.5. The van der Waals surface area contributed by atoms with Crippen molar-refractivity contribution in [2.75, 3.05) is 19.8 Å². The molecule has 6 heterocycles. The van der Waals surface area contributed by atoms with Crippen molar-refractivity contribution in [2.24, 2.45) is 5.41 Å². The number of aryl methyl sites for hydroxylation is 4. The summed E-state index contributed by atoms with van der Waals surface area (Å²) in [6, 6.07) is 5.26. The second-order valence-electron chi connectivity index (χ2n) is 25.4.